The molecule has 2 fully saturated rings. The minimum Gasteiger partial charge on any atom is -0.394 e. The number of imidazole rings is 1. The Hall–Kier alpha value is -2.87. The third-order valence-corrected chi connectivity index (χ3v) is 8.20. The van der Waals surface area contributed by atoms with Crippen molar-refractivity contribution in [2.24, 2.45) is 0 Å². The molecule has 7 N–H and O–H groups in total. The van der Waals surface area contributed by atoms with Gasteiger partial charge in [-0.05, 0) is 6.92 Å². The molecule has 2 aliphatic rings. The Morgan fingerprint density at radius 1 is 1.05 bits per heavy atom. The molecule has 3 aromatic rings. The number of nitrogen functional groups attached to an aromatic ring is 1. The number of anilines is 1. The van der Waals surface area contributed by atoms with Crippen LogP contribution in [0.15, 0.2) is 28.4 Å². The van der Waals surface area contributed by atoms with Gasteiger partial charge in [0.05, 0.1) is 19.5 Å². The number of aryl methyl sites for hydroxylation is 1. The lowest BCUT2D eigenvalue weighted by molar-refractivity contribution is -0.0554. The number of hydrogen-bond donors (Lipinski definition) is 6. The third-order valence-electron chi connectivity index (χ3n) is 6.64. The van der Waals surface area contributed by atoms with E-state index in [0.717, 1.165) is 4.57 Å². The quantitative estimate of drug-likeness (QED) is 0.143. The number of hydrogen-bond acceptors (Lipinski definition) is 14. The van der Waals surface area contributed by atoms with E-state index in [4.69, 9.17) is 24.3 Å². The summed E-state index contributed by atoms with van der Waals surface area (Å²) in [6.45, 7) is 0.0941. The van der Waals surface area contributed by atoms with Gasteiger partial charge in [-0.15, -0.1) is 0 Å². The van der Waals surface area contributed by atoms with Gasteiger partial charge in [-0.3, -0.25) is 32.5 Å². The number of aromatic amines is 1. The number of nitrogens with two attached hydrogens (primary N) is 1. The van der Waals surface area contributed by atoms with Crippen molar-refractivity contribution < 1.29 is 52.0 Å². The van der Waals surface area contributed by atoms with Gasteiger partial charge in [-0.2, -0.15) is 0 Å². The summed E-state index contributed by atoms with van der Waals surface area (Å²) < 4.78 is 53.7. The van der Waals surface area contributed by atoms with Crippen LogP contribution >= 0.6 is 15.6 Å². The average Bonchev–Trinajstić information content (AvgIpc) is 3.61. The highest BCUT2D eigenvalue weighted by Gasteiger charge is 2.46. The molecule has 5 rings (SSSR count). The maximum atomic E-state index is 13.1. The summed E-state index contributed by atoms with van der Waals surface area (Å²) in [5.41, 5.74) is 5.16. The van der Waals surface area contributed by atoms with Crippen LogP contribution in [0.5, 0.6) is 0 Å². The Morgan fingerprint density at radius 2 is 1.69 bits per heavy atom. The highest BCUT2D eigenvalue weighted by atomic mass is 31.2. The molecular weight excluding hydrogens is 608 g/mol. The summed E-state index contributed by atoms with van der Waals surface area (Å²) in [7, 11) is -9.94. The van der Waals surface area contributed by atoms with Crippen LogP contribution in [0.3, 0.4) is 0 Å². The number of fused-ring (bicyclic) bond motifs is 1. The highest BCUT2D eigenvalue weighted by molar-refractivity contribution is 7.47. The van der Waals surface area contributed by atoms with Crippen molar-refractivity contribution in [3.63, 3.8) is 0 Å². The highest BCUT2D eigenvalue weighted by Crippen LogP contribution is 2.52. The molecule has 22 heteroatoms. The SMILES string of the molecule is Cc1cn(C2C[C@H](OP(=O)(O)O[C@@H]3C[C@H](n4cnc5c(N)ncnc54)O[C@@H]3COP(=O)(O)O)C(CO)O2)c(=O)[nH]c1=O. The summed E-state index contributed by atoms with van der Waals surface area (Å²) in [5.74, 6) is 0.0917. The van der Waals surface area contributed by atoms with Crippen LogP contribution in [0.2, 0.25) is 0 Å². The van der Waals surface area contributed by atoms with E-state index in [1.54, 1.807) is 0 Å². The number of ether oxygens (including phenoxy) is 2. The number of nitrogens with zero attached hydrogens (tertiary/aromatic N) is 5. The molecule has 0 radical (unpaired) electrons. The van der Waals surface area contributed by atoms with E-state index in [1.165, 1.54) is 30.3 Å². The van der Waals surface area contributed by atoms with Gasteiger partial charge < -0.3 is 35.0 Å². The number of rotatable bonds is 10. The number of aliphatic hydroxyl groups excluding tert-OH is 1. The van der Waals surface area contributed by atoms with Crippen LogP contribution in [-0.2, 0) is 32.2 Å². The fourth-order valence-electron chi connectivity index (χ4n) is 4.70. The van der Waals surface area contributed by atoms with Gasteiger partial charge in [-0.25, -0.2) is 28.9 Å². The largest absolute Gasteiger partial charge is 0.472 e. The van der Waals surface area contributed by atoms with Crippen molar-refractivity contribution in [3.05, 3.63) is 45.3 Å². The van der Waals surface area contributed by atoms with E-state index in [9.17, 15) is 38.5 Å². The first kappa shape index (κ1) is 30.6. The number of phosphoric acid groups is 2. The summed E-state index contributed by atoms with van der Waals surface area (Å²) in [6, 6.07) is 0. The smallest absolute Gasteiger partial charge is 0.394 e. The molecule has 0 aromatic carbocycles. The van der Waals surface area contributed by atoms with E-state index >= 15 is 0 Å². The predicted octanol–water partition coefficient (Wildman–Crippen LogP) is -1.19. The first-order valence-electron chi connectivity index (χ1n) is 12.3. The van der Waals surface area contributed by atoms with Crippen LogP contribution in [0.25, 0.3) is 11.2 Å². The molecule has 0 amide bonds. The van der Waals surface area contributed by atoms with Gasteiger partial charge in [-0.1, -0.05) is 0 Å². The molecule has 230 valence electrons. The van der Waals surface area contributed by atoms with Crippen LogP contribution in [-0.4, -0.2) is 86.5 Å². The van der Waals surface area contributed by atoms with E-state index in [1.807, 2.05) is 0 Å². The summed E-state index contributed by atoms with van der Waals surface area (Å²) in [4.78, 5) is 67.2. The second-order valence-corrected chi connectivity index (χ2v) is 12.1. The minimum absolute atomic E-state index is 0.0917. The molecule has 20 nitrogen and oxygen atoms in total. The van der Waals surface area contributed by atoms with Gasteiger partial charge in [0.15, 0.2) is 11.5 Å². The normalized spacial score (nSPS) is 27.9. The van der Waals surface area contributed by atoms with Crippen LogP contribution in [0, 0.1) is 6.92 Å². The first-order chi connectivity index (χ1) is 19.7. The Labute approximate surface area is 234 Å². The lowest BCUT2D eigenvalue weighted by atomic mass is 10.2. The molecule has 0 saturated carbocycles. The van der Waals surface area contributed by atoms with Crippen LogP contribution in [0.1, 0.15) is 30.9 Å². The van der Waals surface area contributed by atoms with Gasteiger partial charge in [0.1, 0.15) is 48.7 Å². The fraction of sp³-hybridized carbons (Fsp3) is 0.550. The standard InChI is InChI=1S/C20H27N7O13P2/c1-9-4-26(20(30)25-19(9)29)14-2-10(12(5-28)37-14)39-42(34,35)40-11-3-15(38-13(11)6-36-41(31,32)33)27-8-24-16-17(21)22-7-23-18(16)27/h4,7-8,10-15,28H,2-3,5-6H2,1H3,(H,34,35)(H2,21,22,23)(H,25,29,30)(H2,31,32,33)/t10-,11+,12?,13+,14?,15+/m0/s1. The zero-order chi connectivity index (χ0) is 30.4. The predicted molar refractivity (Wildman–Crippen MR) is 138 cm³/mol. The van der Waals surface area contributed by atoms with Crippen molar-refractivity contribution >= 4 is 32.6 Å². The van der Waals surface area contributed by atoms with E-state index < -0.39 is 77.0 Å². The van der Waals surface area contributed by atoms with Gasteiger partial charge in [0, 0.05) is 24.6 Å². The summed E-state index contributed by atoms with van der Waals surface area (Å²) in [5, 5.41) is 9.78. The van der Waals surface area contributed by atoms with Crippen molar-refractivity contribution in [2.75, 3.05) is 18.9 Å². The van der Waals surface area contributed by atoms with E-state index in [2.05, 4.69) is 24.5 Å². The maximum absolute atomic E-state index is 13.1. The number of H-pyrrole nitrogens is 1. The van der Waals surface area contributed by atoms with Gasteiger partial charge in [0.2, 0.25) is 0 Å². The number of phosphoric ester groups is 2. The Kier molecular flexibility index (Phi) is 8.49. The Bertz CT molecular complexity index is 1670. The molecule has 0 aliphatic carbocycles. The molecule has 42 heavy (non-hydrogen) atoms. The zero-order valence-corrected chi connectivity index (χ0v) is 23.5. The van der Waals surface area contributed by atoms with Crippen molar-refractivity contribution in [2.45, 2.75) is 56.6 Å². The average molecular weight is 635 g/mol. The monoisotopic (exact) mass is 635 g/mol. The van der Waals surface area contributed by atoms with Crippen molar-refractivity contribution in [1.82, 2.24) is 29.1 Å². The molecule has 0 spiro atoms. The molecule has 2 saturated heterocycles. The lowest BCUT2D eigenvalue weighted by Gasteiger charge is -2.24. The maximum Gasteiger partial charge on any atom is 0.472 e. The summed E-state index contributed by atoms with van der Waals surface area (Å²) >= 11 is 0. The summed E-state index contributed by atoms with van der Waals surface area (Å²) in [6.07, 6.45) is -3.51. The van der Waals surface area contributed by atoms with Crippen LogP contribution < -0.4 is 17.0 Å². The fourth-order valence-corrected chi connectivity index (χ4v) is 6.22. The van der Waals surface area contributed by atoms with E-state index in [-0.39, 0.29) is 35.4 Å². The van der Waals surface area contributed by atoms with Gasteiger partial charge in [0.25, 0.3) is 5.56 Å². The molecule has 2 aliphatic heterocycles. The Balaban J connectivity index is 1.33. The van der Waals surface area contributed by atoms with Gasteiger partial charge >= 0.3 is 21.3 Å². The number of aromatic nitrogens is 6. The Morgan fingerprint density at radius 3 is 2.36 bits per heavy atom. The molecule has 5 heterocycles. The second kappa shape index (κ2) is 11.7. The molecule has 7 atom stereocenters. The molecule has 3 aromatic heterocycles. The first-order valence-corrected chi connectivity index (χ1v) is 15.3. The number of nitrogens with one attached hydrogen (secondary N) is 1. The van der Waals surface area contributed by atoms with Crippen LogP contribution in [0.4, 0.5) is 5.82 Å². The van der Waals surface area contributed by atoms with Crippen molar-refractivity contribution in [3.8, 4) is 0 Å². The zero-order valence-electron chi connectivity index (χ0n) is 21.7. The minimum atomic E-state index is -4.99. The van der Waals surface area contributed by atoms with E-state index in [0.29, 0.717) is 0 Å². The topological polar surface area (TPSA) is 286 Å². The molecule has 0 bridgehead atoms. The molecular formula is C20H27N7O13P2. The number of aliphatic hydroxyl groups is 1. The van der Waals surface area contributed by atoms with Crippen molar-refractivity contribution in [1.29, 1.82) is 0 Å². The lowest BCUT2D eigenvalue weighted by Crippen LogP contribution is -2.33. The third kappa shape index (κ3) is 6.53. The second-order valence-electron chi connectivity index (χ2n) is 9.52. The molecule has 3 unspecified atom stereocenters.